The molecule has 0 amide bonds. The van der Waals surface area contributed by atoms with Crippen LogP contribution in [0, 0.1) is 0 Å². The normalized spacial score (nSPS) is 10.5. The van der Waals surface area contributed by atoms with Gasteiger partial charge in [-0.05, 0) is 18.4 Å². The van der Waals surface area contributed by atoms with Crippen LogP contribution in [-0.4, -0.2) is 39.5 Å². The van der Waals surface area contributed by atoms with E-state index in [9.17, 15) is 0 Å². The van der Waals surface area contributed by atoms with Gasteiger partial charge in [0.2, 0.25) is 0 Å². The Morgan fingerprint density at radius 2 is 2.21 bits per heavy atom. The van der Waals surface area contributed by atoms with Gasteiger partial charge in [0.25, 0.3) is 0 Å². The van der Waals surface area contributed by atoms with Crippen LogP contribution in [-0.2, 0) is 0 Å². The number of anilines is 1. The van der Waals surface area contributed by atoms with Crippen LogP contribution in [0.25, 0.3) is 11.3 Å². The van der Waals surface area contributed by atoms with Crippen molar-refractivity contribution in [1.82, 2.24) is 15.0 Å². The van der Waals surface area contributed by atoms with Gasteiger partial charge >= 0.3 is 0 Å². The fourth-order valence-corrected chi connectivity index (χ4v) is 2.05. The second-order valence-corrected chi connectivity index (χ2v) is 4.80. The summed E-state index contributed by atoms with van der Waals surface area (Å²) in [5, 5.41) is 13.0. The molecule has 100 valence electrons. The molecule has 0 unspecified atom stereocenters. The summed E-state index contributed by atoms with van der Waals surface area (Å²) in [6, 6.07) is 5.42. The number of thioether (sulfide) groups is 1. The van der Waals surface area contributed by atoms with Crippen molar-refractivity contribution in [3.63, 3.8) is 0 Å². The predicted octanol–water partition coefficient (Wildman–Crippen LogP) is 2.32. The third-order valence-electron chi connectivity index (χ3n) is 2.33. The molecule has 0 aliphatic heterocycles. The van der Waals surface area contributed by atoms with E-state index >= 15 is 0 Å². The van der Waals surface area contributed by atoms with Gasteiger partial charge in [-0.15, -0.1) is 0 Å². The zero-order valence-electron chi connectivity index (χ0n) is 10.3. The quantitative estimate of drug-likeness (QED) is 0.501. The van der Waals surface area contributed by atoms with Crippen LogP contribution < -0.4 is 5.32 Å². The molecule has 5 nitrogen and oxygen atoms in total. The fourth-order valence-electron chi connectivity index (χ4n) is 1.50. The lowest BCUT2D eigenvalue weighted by atomic mass is 10.2. The van der Waals surface area contributed by atoms with Crippen LogP contribution in [0.1, 0.15) is 0 Å². The first-order valence-electron chi connectivity index (χ1n) is 5.62. The molecule has 0 fully saturated rings. The van der Waals surface area contributed by atoms with Gasteiger partial charge in [0.05, 0.1) is 12.3 Å². The zero-order valence-corrected chi connectivity index (χ0v) is 11.9. The number of aliphatic hydroxyl groups excluding tert-OH is 1. The Balaban J connectivity index is 2.38. The first kappa shape index (κ1) is 14.0. The monoisotopic (exact) mass is 296 g/mol. The van der Waals surface area contributed by atoms with Gasteiger partial charge < -0.3 is 10.4 Å². The summed E-state index contributed by atoms with van der Waals surface area (Å²) in [5.74, 6) is 0.677. The van der Waals surface area contributed by atoms with Crippen molar-refractivity contribution < 1.29 is 5.11 Å². The first-order valence-corrected chi connectivity index (χ1v) is 7.23. The van der Waals surface area contributed by atoms with E-state index in [-0.39, 0.29) is 6.61 Å². The lowest BCUT2D eigenvalue weighted by molar-refractivity contribution is 0.311. The molecule has 7 heteroatoms. The number of hydrogen-bond acceptors (Lipinski definition) is 6. The van der Waals surface area contributed by atoms with Crippen molar-refractivity contribution in [1.29, 1.82) is 0 Å². The minimum absolute atomic E-state index is 0.0506. The smallest absolute Gasteiger partial charge is 0.189 e. The SMILES string of the molecule is CSc1nc(NCCO)cc(-c2ccnc(Cl)c2)n1. The Labute approximate surface area is 120 Å². The summed E-state index contributed by atoms with van der Waals surface area (Å²) in [5.41, 5.74) is 1.65. The fraction of sp³-hybridized carbons (Fsp3) is 0.250. The third-order valence-corrected chi connectivity index (χ3v) is 3.08. The molecule has 0 atom stereocenters. The van der Waals surface area contributed by atoms with Crippen LogP contribution in [0.3, 0.4) is 0 Å². The van der Waals surface area contributed by atoms with Gasteiger partial charge in [-0.2, -0.15) is 0 Å². The minimum atomic E-state index is 0.0506. The van der Waals surface area contributed by atoms with Crippen LogP contribution in [0.5, 0.6) is 0 Å². The molecule has 0 aliphatic rings. The standard InChI is InChI=1S/C12H13ClN4OS/c1-19-12-16-9(7-11(17-12)15-4-5-18)8-2-3-14-10(13)6-8/h2-3,6-7,18H,4-5H2,1H3,(H,15,16,17). The Kier molecular flexibility index (Phi) is 4.95. The first-order chi connectivity index (χ1) is 9.22. The van der Waals surface area contributed by atoms with Gasteiger partial charge in [0.15, 0.2) is 5.16 Å². The number of rotatable bonds is 5. The number of nitrogens with zero attached hydrogens (tertiary/aromatic N) is 3. The maximum Gasteiger partial charge on any atom is 0.189 e. The van der Waals surface area contributed by atoms with Gasteiger partial charge in [-0.3, -0.25) is 0 Å². The van der Waals surface area contributed by atoms with Crippen LogP contribution in [0.15, 0.2) is 29.6 Å². The number of hydrogen-bond donors (Lipinski definition) is 2. The molecule has 2 heterocycles. The van der Waals surface area contributed by atoms with Crippen molar-refractivity contribution in [2.45, 2.75) is 5.16 Å². The lowest BCUT2D eigenvalue weighted by Gasteiger charge is -2.08. The average Bonchev–Trinajstić information content (AvgIpc) is 2.44. The largest absolute Gasteiger partial charge is 0.395 e. The summed E-state index contributed by atoms with van der Waals surface area (Å²) in [7, 11) is 0. The van der Waals surface area contributed by atoms with Gasteiger partial charge in [0.1, 0.15) is 11.0 Å². The zero-order chi connectivity index (χ0) is 13.7. The molecule has 0 saturated heterocycles. The summed E-state index contributed by atoms with van der Waals surface area (Å²) in [6.45, 7) is 0.496. The maximum atomic E-state index is 8.84. The molecule has 0 aliphatic carbocycles. The number of nitrogens with one attached hydrogen (secondary N) is 1. The summed E-state index contributed by atoms with van der Waals surface area (Å²) < 4.78 is 0. The van der Waals surface area contributed by atoms with Gasteiger partial charge in [-0.1, -0.05) is 23.4 Å². The molecule has 2 aromatic rings. The second-order valence-electron chi connectivity index (χ2n) is 3.64. The number of aliphatic hydroxyl groups is 1. The van der Waals surface area contributed by atoms with Crippen LogP contribution in [0.2, 0.25) is 5.15 Å². The molecule has 2 rings (SSSR count). The topological polar surface area (TPSA) is 70.9 Å². The molecular formula is C12H13ClN4OS. The molecule has 0 radical (unpaired) electrons. The van der Waals surface area contributed by atoms with Crippen molar-refractivity contribution in [2.75, 3.05) is 24.7 Å². The van der Waals surface area contributed by atoms with E-state index in [0.29, 0.717) is 22.7 Å². The van der Waals surface area contributed by atoms with Crippen molar-refractivity contribution >= 4 is 29.2 Å². The Morgan fingerprint density at radius 3 is 2.89 bits per heavy atom. The van der Waals surface area contributed by atoms with Crippen LogP contribution >= 0.6 is 23.4 Å². The van der Waals surface area contributed by atoms with Crippen LogP contribution in [0.4, 0.5) is 5.82 Å². The molecule has 0 bridgehead atoms. The summed E-state index contributed by atoms with van der Waals surface area (Å²) in [6.07, 6.45) is 3.55. The molecule has 2 N–H and O–H groups in total. The minimum Gasteiger partial charge on any atom is -0.395 e. The summed E-state index contributed by atoms with van der Waals surface area (Å²) >= 11 is 7.34. The van der Waals surface area contributed by atoms with E-state index in [1.165, 1.54) is 11.8 Å². The Hall–Kier alpha value is -1.37. The van der Waals surface area contributed by atoms with E-state index in [0.717, 1.165) is 11.3 Å². The van der Waals surface area contributed by atoms with E-state index in [2.05, 4.69) is 20.3 Å². The number of pyridine rings is 1. The maximum absolute atomic E-state index is 8.84. The summed E-state index contributed by atoms with van der Waals surface area (Å²) in [4.78, 5) is 12.7. The molecular weight excluding hydrogens is 284 g/mol. The van der Waals surface area contributed by atoms with Gasteiger partial charge in [-0.25, -0.2) is 15.0 Å². The van der Waals surface area contributed by atoms with Gasteiger partial charge in [0, 0.05) is 24.4 Å². The van der Waals surface area contributed by atoms with E-state index < -0.39 is 0 Å². The highest BCUT2D eigenvalue weighted by atomic mass is 35.5. The number of aromatic nitrogens is 3. The predicted molar refractivity (Wildman–Crippen MR) is 77.6 cm³/mol. The Morgan fingerprint density at radius 1 is 1.37 bits per heavy atom. The highest BCUT2D eigenvalue weighted by Gasteiger charge is 2.07. The van der Waals surface area contributed by atoms with Crippen molar-refractivity contribution in [2.24, 2.45) is 0 Å². The number of halogens is 1. The average molecular weight is 297 g/mol. The second kappa shape index (κ2) is 6.70. The molecule has 0 saturated carbocycles. The van der Waals surface area contributed by atoms with E-state index in [1.54, 1.807) is 12.3 Å². The third kappa shape index (κ3) is 3.79. The molecule has 0 aromatic carbocycles. The van der Waals surface area contributed by atoms with E-state index in [1.807, 2.05) is 18.4 Å². The molecule has 2 aromatic heterocycles. The molecule has 0 spiro atoms. The highest BCUT2D eigenvalue weighted by molar-refractivity contribution is 7.98. The van der Waals surface area contributed by atoms with Crippen molar-refractivity contribution in [3.8, 4) is 11.3 Å². The lowest BCUT2D eigenvalue weighted by Crippen LogP contribution is -2.08. The highest BCUT2D eigenvalue weighted by Crippen LogP contribution is 2.24. The van der Waals surface area contributed by atoms with Crippen molar-refractivity contribution in [3.05, 3.63) is 29.5 Å². The van der Waals surface area contributed by atoms with E-state index in [4.69, 9.17) is 16.7 Å². The Bertz CT molecular complexity index is 567. The molecule has 19 heavy (non-hydrogen) atoms.